The molecule has 1 heterocycles. The van der Waals surface area contributed by atoms with Crippen molar-refractivity contribution < 1.29 is 13.5 Å². The van der Waals surface area contributed by atoms with Gasteiger partial charge in [-0.3, -0.25) is 0 Å². The molecule has 0 fully saturated rings. The summed E-state index contributed by atoms with van der Waals surface area (Å²) in [7, 11) is -3.60. The van der Waals surface area contributed by atoms with E-state index in [0.29, 0.717) is 5.01 Å². The van der Waals surface area contributed by atoms with Gasteiger partial charge in [0.05, 0.1) is 10.9 Å². The predicted octanol–water partition coefficient (Wildman–Crippen LogP) is 1.89. The molecule has 0 radical (unpaired) electrons. The van der Waals surface area contributed by atoms with Crippen LogP contribution >= 0.6 is 11.3 Å². The summed E-state index contributed by atoms with van der Waals surface area (Å²) in [5.74, 6) is 0.0296. The normalized spacial score (nSPS) is 13.4. The van der Waals surface area contributed by atoms with Gasteiger partial charge < -0.3 is 5.11 Å². The van der Waals surface area contributed by atoms with Crippen LogP contribution in [0.2, 0.25) is 0 Å². The van der Waals surface area contributed by atoms with Gasteiger partial charge in [-0.1, -0.05) is 0 Å². The molecule has 2 N–H and O–H groups in total. The van der Waals surface area contributed by atoms with E-state index >= 15 is 0 Å². The Morgan fingerprint density at radius 1 is 1.33 bits per heavy atom. The zero-order valence-corrected chi connectivity index (χ0v) is 11.2. The molecule has 0 aliphatic heterocycles. The lowest BCUT2D eigenvalue weighted by atomic mass is 10.3. The Bertz CT molecular complexity index is 606. The first-order chi connectivity index (χ1) is 8.49. The molecule has 0 spiro atoms. The minimum absolute atomic E-state index is 0.0296. The highest BCUT2D eigenvalue weighted by molar-refractivity contribution is 7.89. The topological polar surface area (TPSA) is 79.3 Å². The van der Waals surface area contributed by atoms with Gasteiger partial charge in [0.15, 0.2) is 0 Å². The highest BCUT2D eigenvalue weighted by Gasteiger charge is 2.19. The number of thiazole rings is 1. The average Bonchev–Trinajstić information content (AvgIpc) is 2.82. The zero-order chi connectivity index (χ0) is 13.2. The molecule has 96 valence electrons. The van der Waals surface area contributed by atoms with E-state index in [0.717, 1.165) is 0 Å². The Morgan fingerprint density at radius 3 is 2.56 bits per heavy atom. The maximum Gasteiger partial charge on any atom is 0.241 e. The number of phenols is 1. The molecule has 1 unspecified atom stereocenters. The largest absolute Gasteiger partial charge is 0.508 e. The van der Waals surface area contributed by atoms with Crippen molar-refractivity contribution in [3.63, 3.8) is 0 Å². The number of nitrogens with zero attached hydrogens (tertiary/aromatic N) is 1. The number of aromatic nitrogens is 1. The fraction of sp³-hybridized carbons (Fsp3) is 0.182. The number of hydrogen-bond acceptors (Lipinski definition) is 5. The lowest BCUT2D eigenvalue weighted by Crippen LogP contribution is -2.26. The first-order valence-electron chi connectivity index (χ1n) is 5.20. The molecule has 0 aliphatic rings. The third kappa shape index (κ3) is 2.87. The average molecular weight is 284 g/mol. The molecule has 7 heteroatoms. The second kappa shape index (κ2) is 5.05. The summed E-state index contributed by atoms with van der Waals surface area (Å²) in [6, 6.07) is 4.99. The summed E-state index contributed by atoms with van der Waals surface area (Å²) in [6.45, 7) is 1.73. The van der Waals surface area contributed by atoms with Crippen molar-refractivity contribution in [1.82, 2.24) is 9.71 Å². The number of benzene rings is 1. The lowest BCUT2D eigenvalue weighted by Gasteiger charge is -2.11. The number of aromatic hydroxyl groups is 1. The lowest BCUT2D eigenvalue weighted by molar-refractivity contribution is 0.474. The van der Waals surface area contributed by atoms with Gasteiger partial charge in [-0.2, -0.15) is 0 Å². The summed E-state index contributed by atoms with van der Waals surface area (Å²) in [6.07, 6.45) is 1.63. The van der Waals surface area contributed by atoms with Gasteiger partial charge in [0.25, 0.3) is 0 Å². The van der Waals surface area contributed by atoms with E-state index in [1.807, 2.05) is 0 Å². The van der Waals surface area contributed by atoms with Crippen molar-refractivity contribution in [2.45, 2.75) is 17.9 Å². The summed E-state index contributed by atoms with van der Waals surface area (Å²) in [5.41, 5.74) is 0. The Hall–Kier alpha value is -1.44. The van der Waals surface area contributed by atoms with E-state index in [9.17, 15) is 8.42 Å². The first kappa shape index (κ1) is 13.0. The summed E-state index contributed by atoms with van der Waals surface area (Å²) < 4.78 is 26.6. The quantitative estimate of drug-likeness (QED) is 0.898. The fourth-order valence-electron chi connectivity index (χ4n) is 1.42. The van der Waals surface area contributed by atoms with Gasteiger partial charge in [0, 0.05) is 11.6 Å². The Morgan fingerprint density at radius 2 is 2.00 bits per heavy atom. The minimum Gasteiger partial charge on any atom is -0.508 e. The smallest absolute Gasteiger partial charge is 0.241 e. The number of rotatable bonds is 4. The van der Waals surface area contributed by atoms with Crippen LogP contribution in [0.1, 0.15) is 18.0 Å². The van der Waals surface area contributed by atoms with Crippen LogP contribution < -0.4 is 4.72 Å². The van der Waals surface area contributed by atoms with E-state index in [-0.39, 0.29) is 16.7 Å². The van der Waals surface area contributed by atoms with Crippen molar-refractivity contribution in [1.29, 1.82) is 0 Å². The molecule has 1 aromatic carbocycles. The van der Waals surface area contributed by atoms with Gasteiger partial charge in [-0.15, -0.1) is 11.3 Å². The third-order valence-electron chi connectivity index (χ3n) is 2.30. The zero-order valence-electron chi connectivity index (χ0n) is 9.57. The molecule has 0 saturated carbocycles. The highest BCUT2D eigenvalue weighted by atomic mass is 32.2. The number of sulfonamides is 1. The van der Waals surface area contributed by atoms with Crippen LogP contribution in [0.15, 0.2) is 40.7 Å². The Labute approximate surface area is 109 Å². The molecule has 0 bridgehead atoms. The molecule has 5 nitrogen and oxygen atoms in total. The SMILES string of the molecule is CC(NS(=O)(=O)c1ccc(O)cc1)c1nccs1. The van der Waals surface area contributed by atoms with Gasteiger partial charge >= 0.3 is 0 Å². The molecular weight excluding hydrogens is 272 g/mol. The van der Waals surface area contributed by atoms with E-state index in [1.54, 1.807) is 18.5 Å². The van der Waals surface area contributed by atoms with E-state index in [1.165, 1.54) is 35.6 Å². The third-order valence-corrected chi connectivity index (χ3v) is 4.82. The van der Waals surface area contributed by atoms with Crippen LogP contribution in [0.5, 0.6) is 5.75 Å². The van der Waals surface area contributed by atoms with Crippen LogP contribution in [0.3, 0.4) is 0 Å². The van der Waals surface area contributed by atoms with Crippen molar-refractivity contribution >= 4 is 21.4 Å². The fourth-order valence-corrected chi connectivity index (χ4v) is 3.35. The molecule has 0 saturated heterocycles. The Kier molecular flexibility index (Phi) is 3.65. The summed E-state index contributed by atoms with van der Waals surface area (Å²) in [4.78, 5) is 4.17. The first-order valence-corrected chi connectivity index (χ1v) is 7.56. The van der Waals surface area contributed by atoms with Crippen molar-refractivity contribution in [3.8, 4) is 5.75 Å². The van der Waals surface area contributed by atoms with Gasteiger partial charge in [0.2, 0.25) is 10.0 Å². The number of hydrogen-bond donors (Lipinski definition) is 2. The molecule has 2 aromatic rings. The second-order valence-electron chi connectivity index (χ2n) is 3.71. The van der Waals surface area contributed by atoms with Crippen LogP contribution in [-0.2, 0) is 10.0 Å². The molecule has 0 aliphatic carbocycles. The van der Waals surface area contributed by atoms with Crippen LogP contribution in [0.25, 0.3) is 0 Å². The number of nitrogens with one attached hydrogen (secondary N) is 1. The van der Waals surface area contributed by atoms with Crippen LogP contribution in [0, 0.1) is 0 Å². The van der Waals surface area contributed by atoms with Crippen LogP contribution in [0.4, 0.5) is 0 Å². The van der Waals surface area contributed by atoms with Gasteiger partial charge in [0.1, 0.15) is 10.8 Å². The molecule has 1 aromatic heterocycles. The summed E-state index contributed by atoms with van der Waals surface area (Å²) in [5, 5.41) is 11.6. The van der Waals surface area contributed by atoms with Gasteiger partial charge in [-0.25, -0.2) is 18.1 Å². The summed E-state index contributed by atoms with van der Waals surface area (Å²) >= 11 is 1.39. The standard InChI is InChI=1S/C11H12N2O3S2/c1-8(11-12-6-7-17-11)13-18(15,16)10-4-2-9(14)3-5-10/h2-8,13-14H,1H3. The van der Waals surface area contributed by atoms with E-state index < -0.39 is 10.0 Å². The van der Waals surface area contributed by atoms with E-state index in [4.69, 9.17) is 5.11 Å². The molecule has 1 atom stereocenters. The highest BCUT2D eigenvalue weighted by Crippen LogP contribution is 2.19. The minimum atomic E-state index is -3.60. The monoisotopic (exact) mass is 284 g/mol. The predicted molar refractivity (Wildman–Crippen MR) is 69.0 cm³/mol. The maximum absolute atomic E-state index is 12.0. The maximum atomic E-state index is 12.0. The molecular formula is C11H12N2O3S2. The molecule has 2 rings (SSSR count). The van der Waals surface area contributed by atoms with Crippen molar-refractivity contribution in [2.75, 3.05) is 0 Å². The molecule has 0 amide bonds. The van der Waals surface area contributed by atoms with E-state index in [2.05, 4.69) is 9.71 Å². The van der Waals surface area contributed by atoms with Gasteiger partial charge in [-0.05, 0) is 31.2 Å². The Balaban J connectivity index is 2.20. The van der Waals surface area contributed by atoms with Crippen molar-refractivity contribution in [2.24, 2.45) is 0 Å². The molecule has 18 heavy (non-hydrogen) atoms. The van der Waals surface area contributed by atoms with Crippen molar-refractivity contribution in [3.05, 3.63) is 40.8 Å². The second-order valence-corrected chi connectivity index (χ2v) is 6.35. The number of phenolic OH excluding ortho intramolecular Hbond substituents is 1. The van der Waals surface area contributed by atoms with Crippen LogP contribution in [-0.4, -0.2) is 18.5 Å².